The lowest BCUT2D eigenvalue weighted by Gasteiger charge is -2.09. The van der Waals surface area contributed by atoms with E-state index in [2.05, 4.69) is 9.72 Å². The van der Waals surface area contributed by atoms with E-state index in [4.69, 9.17) is 0 Å². The van der Waals surface area contributed by atoms with Gasteiger partial charge in [0.2, 0.25) is 0 Å². The Morgan fingerprint density at radius 3 is 2.56 bits per heavy atom. The van der Waals surface area contributed by atoms with Crippen molar-refractivity contribution < 1.29 is 22.7 Å². The van der Waals surface area contributed by atoms with E-state index in [1.54, 1.807) is 0 Å². The van der Waals surface area contributed by atoms with E-state index in [0.717, 1.165) is 19.2 Å². The Morgan fingerprint density at radius 2 is 2.00 bits per heavy atom. The van der Waals surface area contributed by atoms with Gasteiger partial charge in [-0.2, -0.15) is 13.2 Å². The molecule has 96 valence electrons. The number of ether oxygens (including phenoxy) is 1. The molecule has 1 heterocycles. The lowest BCUT2D eigenvalue weighted by Crippen LogP contribution is -2.09. The molecule has 1 aromatic carbocycles. The molecule has 0 radical (unpaired) electrons. The average molecular weight is 369 g/mol. The first kappa shape index (κ1) is 13.2. The summed E-state index contributed by atoms with van der Waals surface area (Å²) in [5, 5.41) is 0.328. The molecule has 1 aromatic heterocycles. The first-order valence-electron chi connectivity index (χ1n) is 4.80. The number of halogens is 4. The minimum absolute atomic E-state index is 0.120. The van der Waals surface area contributed by atoms with Crippen molar-refractivity contribution in [1.29, 1.82) is 0 Å². The summed E-state index contributed by atoms with van der Waals surface area (Å²) in [7, 11) is 1.13. The molecule has 0 atom stereocenters. The number of H-pyrrole nitrogens is 1. The lowest BCUT2D eigenvalue weighted by molar-refractivity contribution is -0.137. The van der Waals surface area contributed by atoms with Crippen LogP contribution in [0.4, 0.5) is 13.2 Å². The van der Waals surface area contributed by atoms with E-state index in [1.807, 2.05) is 22.6 Å². The highest BCUT2D eigenvalue weighted by atomic mass is 127. The van der Waals surface area contributed by atoms with Crippen molar-refractivity contribution >= 4 is 39.5 Å². The molecular formula is C11H7F3INO2. The van der Waals surface area contributed by atoms with Crippen LogP contribution in [0.1, 0.15) is 15.9 Å². The number of alkyl halides is 3. The number of methoxy groups -OCH3 is 1. The number of carbonyl (C=O) groups excluding carboxylic acids is 1. The summed E-state index contributed by atoms with van der Waals surface area (Å²) in [4.78, 5) is 14.3. The quantitative estimate of drug-likeness (QED) is 0.617. The highest BCUT2D eigenvalue weighted by Gasteiger charge is 2.32. The standard InChI is InChI=1S/C11H7F3INO2/c1-18-10(17)7-4-6(11(12,13)14)2-5-3-8(15)16-9(5)7/h2-4,16H,1H3. The average Bonchev–Trinajstić information content (AvgIpc) is 2.65. The highest BCUT2D eigenvalue weighted by Crippen LogP contribution is 2.33. The van der Waals surface area contributed by atoms with Crippen LogP contribution < -0.4 is 0 Å². The Hall–Kier alpha value is -1.25. The Bertz CT molecular complexity index is 619. The van der Waals surface area contributed by atoms with Crippen LogP contribution in [-0.4, -0.2) is 18.1 Å². The maximum absolute atomic E-state index is 12.7. The van der Waals surface area contributed by atoms with Crippen molar-refractivity contribution in [3.05, 3.63) is 33.0 Å². The number of hydrogen-bond acceptors (Lipinski definition) is 2. The summed E-state index contributed by atoms with van der Waals surface area (Å²) < 4.78 is 43.3. The fourth-order valence-electron chi connectivity index (χ4n) is 1.64. The zero-order chi connectivity index (χ0) is 13.5. The second-order valence-electron chi connectivity index (χ2n) is 3.59. The van der Waals surface area contributed by atoms with Crippen LogP contribution in [0.3, 0.4) is 0 Å². The van der Waals surface area contributed by atoms with Gasteiger partial charge < -0.3 is 9.72 Å². The van der Waals surface area contributed by atoms with E-state index in [9.17, 15) is 18.0 Å². The Kier molecular flexibility index (Phi) is 3.26. The molecule has 0 saturated carbocycles. The topological polar surface area (TPSA) is 42.1 Å². The van der Waals surface area contributed by atoms with Crippen LogP contribution in [0, 0.1) is 3.70 Å². The normalized spacial score (nSPS) is 11.8. The second-order valence-corrected chi connectivity index (χ2v) is 4.76. The maximum atomic E-state index is 12.7. The molecule has 0 aliphatic carbocycles. The highest BCUT2D eigenvalue weighted by molar-refractivity contribution is 14.1. The number of aromatic amines is 1. The Balaban J connectivity index is 2.76. The third-order valence-corrected chi connectivity index (χ3v) is 3.01. The summed E-state index contributed by atoms with van der Waals surface area (Å²) in [5.41, 5.74) is -0.643. The van der Waals surface area contributed by atoms with Gasteiger partial charge in [0.05, 0.1) is 27.5 Å². The van der Waals surface area contributed by atoms with E-state index < -0.39 is 17.7 Å². The predicted octanol–water partition coefficient (Wildman–Crippen LogP) is 3.58. The number of nitrogens with one attached hydrogen (secondary N) is 1. The maximum Gasteiger partial charge on any atom is 0.416 e. The molecule has 18 heavy (non-hydrogen) atoms. The van der Waals surface area contributed by atoms with Crippen LogP contribution in [0.15, 0.2) is 18.2 Å². The van der Waals surface area contributed by atoms with Gasteiger partial charge in [-0.05, 0) is 40.8 Å². The van der Waals surface area contributed by atoms with Crippen LogP contribution in [0.5, 0.6) is 0 Å². The summed E-state index contributed by atoms with van der Waals surface area (Å²) in [6, 6.07) is 3.33. The minimum Gasteiger partial charge on any atom is -0.465 e. The van der Waals surface area contributed by atoms with Crippen molar-refractivity contribution in [3.63, 3.8) is 0 Å². The van der Waals surface area contributed by atoms with Crippen LogP contribution in [0.25, 0.3) is 10.9 Å². The number of fused-ring (bicyclic) bond motifs is 1. The number of aromatic nitrogens is 1. The number of carbonyl (C=O) groups is 1. The number of rotatable bonds is 1. The van der Waals surface area contributed by atoms with Gasteiger partial charge in [0.15, 0.2) is 0 Å². The van der Waals surface area contributed by atoms with Gasteiger partial charge in [-0.3, -0.25) is 0 Å². The number of benzene rings is 1. The zero-order valence-electron chi connectivity index (χ0n) is 9.06. The lowest BCUT2D eigenvalue weighted by atomic mass is 10.1. The summed E-state index contributed by atoms with van der Waals surface area (Å²) >= 11 is 1.93. The van der Waals surface area contributed by atoms with E-state index in [0.29, 0.717) is 14.6 Å². The van der Waals surface area contributed by atoms with Gasteiger partial charge in [-0.15, -0.1) is 0 Å². The van der Waals surface area contributed by atoms with E-state index in [1.165, 1.54) is 6.07 Å². The third-order valence-electron chi connectivity index (χ3n) is 2.43. The van der Waals surface area contributed by atoms with Gasteiger partial charge in [-0.1, -0.05) is 0 Å². The van der Waals surface area contributed by atoms with Gasteiger partial charge in [0, 0.05) is 5.39 Å². The molecule has 0 spiro atoms. The molecule has 0 fully saturated rings. The molecule has 2 rings (SSSR count). The largest absolute Gasteiger partial charge is 0.465 e. The molecule has 0 unspecified atom stereocenters. The monoisotopic (exact) mass is 369 g/mol. The van der Waals surface area contributed by atoms with Crippen molar-refractivity contribution in [2.45, 2.75) is 6.18 Å². The van der Waals surface area contributed by atoms with E-state index in [-0.39, 0.29) is 5.56 Å². The Labute approximate surface area is 113 Å². The molecule has 7 heteroatoms. The summed E-state index contributed by atoms with van der Waals surface area (Å²) in [6.45, 7) is 0. The van der Waals surface area contributed by atoms with Gasteiger partial charge in [0.25, 0.3) is 0 Å². The Morgan fingerprint density at radius 1 is 1.33 bits per heavy atom. The van der Waals surface area contributed by atoms with Crippen molar-refractivity contribution in [3.8, 4) is 0 Å². The molecule has 0 bridgehead atoms. The van der Waals surface area contributed by atoms with Crippen LogP contribution >= 0.6 is 22.6 Å². The molecule has 0 amide bonds. The van der Waals surface area contributed by atoms with Gasteiger partial charge >= 0.3 is 12.1 Å². The fourth-order valence-corrected chi connectivity index (χ4v) is 2.25. The smallest absolute Gasteiger partial charge is 0.416 e. The minimum atomic E-state index is -4.50. The zero-order valence-corrected chi connectivity index (χ0v) is 11.2. The van der Waals surface area contributed by atoms with Crippen molar-refractivity contribution in [2.24, 2.45) is 0 Å². The van der Waals surface area contributed by atoms with E-state index >= 15 is 0 Å². The fraction of sp³-hybridized carbons (Fsp3) is 0.182. The first-order chi connectivity index (χ1) is 8.32. The third kappa shape index (κ3) is 2.31. The molecule has 2 aromatic rings. The van der Waals surface area contributed by atoms with Gasteiger partial charge in [0.1, 0.15) is 0 Å². The van der Waals surface area contributed by atoms with Crippen LogP contribution in [-0.2, 0) is 10.9 Å². The van der Waals surface area contributed by atoms with Crippen molar-refractivity contribution in [2.75, 3.05) is 7.11 Å². The first-order valence-corrected chi connectivity index (χ1v) is 5.88. The molecule has 0 aliphatic rings. The molecular weight excluding hydrogens is 362 g/mol. The molecule has 3 nitrogen and oxygen atoms in total. The number of esters is 1. The second kappa shape index (κ2) is 4.45. The molecule has 1 N–H and O–H groups in total. The van der Waals surface area contributed by atoms with Gasteiger partial charge in [-0.25, -0.2) is 4.79 Å². The summed E-state index contributed by atoms with van der Waals surface area (Å²) in [5.74, 6) is -0.802. The molecule has 0 saturated heterocycles. The van der Waals surface area contributed by atoms with Crippen LogP contribution in [0.2, 0.25) is 0 Å². The summed E-state index contributed by atoms with van der Waals surface area (Å²) in [6.07, 6.45) is -4.50. The predicted molar refractivity (Wildman–Crippen MR) is 67.4 cm³/mol. The molecule has 0 aliphatic heterocycles. The SMILES string of the molecule is COC(=O)c1cc(C(F)(F)F)cc2cc(I)[nH]c12. The number of hydrogen-bond donors (Lipinski definition) is 1. The van der Waals surface area contributed by atoms with Crippen molar-refractivity contribution in [1.82, 2.24) is 4.98 Å².